The Morgan fingerprint density at radius 3 is 2.61 bits per heavy atom. The summed E-state index contributed by atoms with van der Waals surface area (Å²) < 4.78 is 12.1. The smallest absolute Gasteiger partial charge is 0.312 e. The number of esters is 1. The van der Waals surface area contributed by atoms with Crippen LogP contribution in [0.15, 0.2) is 49.6 Å². The molecule has 0 unspecified atom stereocenters. The Hall–Kier alpha value is -3.21. The lowest BCUT2D eigenvalue weighted by atomic mass is 9.70. The first-order valence-corrected chi connectivity index (χ1v) is 14.3. The lowest BCUT2D eigenvalue weighted by Crippen LogP contribution is -2.58. The first kappa shape index (κ1) is 30.7. The van der Waals surface area contributed by atoms with Crippen LogP contribution >= 0.6 is 11.6 Å². The van der Waals surface area contributed by atoms with Crippen LogP contribution in [0, 0.1) is 11.8 Å². The number of aliphatic hydroxyl groups is 1. The number of carbonyl (C=O) groups excluding carboxylic acids is 4. The maximum Gasteiger partial charge on any atom is 0.312 e. The van der Waals surface area contributed by atoms with Crippen LogP contribution in [0.5, 0.6) is 0 Å². The molecule has 3 saturated heterocycles. The van der Waals surface area contributed by atoms with Crippen molar-refractivity contribution in [1.82, 2.24) is 10.2 Å². The van der Waals surface area contributed by atoms with Gasteiger partial charge in [-0.2, -0.15) is 0 Å². The minimum Gasteiger partial charge on any atom is -0.460 e. The molecule has 11 heteroatoms. The molecule has 1 aromatic carbocycles. The van der Waals surface area contributed by atoms with Crippen molar-refractivity contribution < 1.29 is 33.8 Å². The highest BCUT2D eigenvalue weighted by Crippen LogP contribution is 2.59. The van der Waals surface area contributed by atoms with Gasteiger partial charge >= 0.3 is 5.97 Å². The Morgan fingerprint density at radius 1 is 1.27 bits per heavy atom. The quantitative estimate of drug-likeness (QED) is 0.268. The largest absolute Gasteiger partial charge is 0.460 e. The normalized spacial score (nSPS) is 27.6. The van der Waals surface area contributed by atoms with Crippen LogP contribution in [0.3, 0.4) is 0 Å². The molecule has 3 aliphatic heterocycles. The summed E-state index contributed by atoms with van der Waals surface area (Å²) in [5.41, 5.74) is -0.685. The molecule has 1 aromatic rings. The van der Waals surface area contributed by atoms with E-state index < -0.39 is 59.5 Å². The molecule has 3 heterocycles. The molecule has 222 valence electrons. The van der Waals surface area contributed by atoms with Gasteiger partial charge in [-0.15, -0.1) is 13.2 Å². The summed E-state index contributed by atoms with van der Waals surface area (Å²) in [5, 5.41) is 13.3. The van der Waals surface area contributed by atoms with Gasteiger partial charge in [0, 0.05) is 23.7 Å². The van der Waals surface area contributed by atoms with Crippen molar-refractivity contribution in [2.24, 2.45) is 11.8 Å². The Kier molecular flexibility index (Phi) is 9.56. The number of amides is 3. The third kappa shape index (κ3) is 5.78. The summed E-state index contributed by atoms with van der Waals surface area (Å²) >= 11 is 6.07. The standard InChI is InChI=1S/C30H38ClN3O7/c1-5-7-8-23(36)32-16-19(4)40-29(39)24-22-13-14-30(41-22)25(24)27(37)34(18(3)17-35)26(30)28(38)33(15-6-2)21-11-9-20(31)10-12-21/h5-6,9-12,18-19,22,24-26,35H,1-2,7-8,13-17H2,3-4H3,(H,32,36)/t18-,19+,22-,24+,25+,26-,30+/m1/s1. The van der Waals surface area contributed by atoms with Gasteiger partial charge in [-0.1, -0.05) is 23.8 Å². The highest BCUT2D eigenvalue weighted by molar-refractivity contribution is 6.30. The fraction of sp³-hybridized carbons (Fsp3) is 0.533. The van der Waals surface area contributed by atoms with Crippen LogP contribution in [0.4, 0.5) is 5.69 Å². The molecular formula is C30H38ClN3O7. The van der Waals surface area contributed by atoms with Gasteiger partial charge in [0.05, 0.1) is 37.1 Å². The molecule has 10 nitrogen and oxygen atoms in total. The predicted molar refractivity (Wildman–Crippen MR) is 153 cm³/mol. The zero-order valence-corrected chi connectivity index (χ0v) is 24.2. The molecule has 0 radical (unpaired) electrons. The van der Waals surface area contributed by atoms with Crippen molar-refractivity contribution in [1.29, 1.82) is 0 Å². The average Bonchev–Trinajstić information content (AvgIpc) is 3.60. The molecule has 7 atom stereocenters. The number of likely N-dealkylation sites (tertiary alicyclic amines) is 1. The van der Waals surface area contributed by atoms with E-state index in [0.29, 0.717) is 30.0 Å². The number of nitrogens with zero attached hydrogens (tertiary/aromatic N) is 2. The monoisotopic (exact) mass is 587 g/mol. The van der Waals surface area contributed by atoms with Crippen LogP contribution < -0.4 is 10.2 Å². The Bertz CT molecular complexity index is 1190. The highest BCUT2D eigenvalue weighted by Gasteiger charge is 2.75. The minimum atomic E-state index is -1.25. The number of nitrogens with one attached hydrogen (secondary N) is 1. The van der Waals surface area contributed by atoms with Gasteiger partial charge in [-0.25, -0.2) is 0 Å². The number of carbonyl (C=O) groups is 4. The maximum absolute atomic E-state index is 14.3. The number of ether oxygens (including phenoxy) is 2. The van der Waals surface area contributed by atoms with Gasteiger partial charge < -0.3 is 29.7 Å². The van der Waals surface area contributed by atoms with Crippen LogP contribution in [-0.2, 0) is 28.7 Å². The number of halogens is 1. The number of anilines is 1. The number of benzene rings is 1. The third-order valence-electron chi connectivity index (χ3n) is 8.18. The first-order valence-electron chi connectivity index (χ1n) is 14.0. The molecule has 0 aliphatic carbocycles. The summed E-state index contributed by atoms with van der Waals surface area (Å²) in [6, 6.07) is 4.99. The lowest BCUT2D eigenvalue weighted by Gasteiger charge is -2.38. The van der Waals surface area contributed by atoms with E-state index >= 15 is 0 Å². The van der Waals surface area contributed by atoms with Gasteiger partial charge in [-0.05, 0) is 57.4 Å². The van der Waals surface area contributed by atoms with Crippen molar-refractivity contribution in [3.8, 4) is 0 Å². The second kappa shape index (κ2) is 12.8. The summed E-state index contributed by atoms with van der Waals surface area (Å²) in [5.74, 6) is -3.46. The molecule has 3 amide bonds. The molecule has 0 saturated carbocycles. The third-order valence-corrected chi connectivity index (χ3v) is 8.43. The van der Waals surface area contributed by atoms with Gasteiger partial charge in [0.15, 0.2) is 0 Å². The van der Waals surface area contributed by atoms with E-state index in [9.17, 15) is 24.3 Å². The zero-order chi connectivity index (χ0) is 29.9. The van der Waals surface area contributed by atoms with Crippen LogP contribution in [0.25, 0.3) is 0 Å². The summed E-state index contributed by atoms with van der Waals surface area (Å²) in [4.78, 5) is 56.7. The molecule has 1 spiro atoms. The summed E-state index contributed by atoms with van der Waals surface area (Å²) in [6.45, 7) is 10.6. The number of allylic oxidation sites excluding steroid dienone is 1. The molecule has 3 aliphatic rings. The summed E-state index contributed by atoms with van der Waals surface area (Å²) in [7, 11) is 0. The number of rotatable bonds is 13. The van der Waals surface area contributed by atoms with E-state index in [1.807, 2.05) is 0 Å². The number of hydrogen-bond acceptors (Lipinski definition) is 7. The van der Waals surface area contributed by atoms with Gasteiger partial charge in [0.25, 0.3) is 5.91 Å². The molecular weight excluding hydrogens is 550 g/mol. The van der Waals surface area contributed by atoms with E-state index in [4.69, 9.17) is 21.1 Å². The molecule has 0 aromatic heterocycles. The van der Waals surface area contributed by atoms with E-state index in [2.05, 4.69) is 18.5 Å². The Labute approximate surface area is 245 Å². The molecule has 2 bridgehead atoms. The van der Waals surface area contributed by atoms with E-state index in [1.54, 1.807) is 50.3 Å². The number of hydrogen-bond donors (Lipinski definition) is 2. The van der Waals surface area contributed by atoms with Crippen molar-refractivity contribution in [2.75, 3.05) is 24.6 Å². The van der Waals surface area contributed by atoms with E-state index in [0.717, 1.165) is 0 Å². The Morgan fingerprint density at radius 2 is 1.98 bits per heavy atom. The van der Waals surface area contributed by atoms with Crippen molar-refractivity contribution in [3.05, 3.63) is 54.6 Å². The SMILES string of the molecule is C=CCCC(=O)NC[C@H](C)OC(=O)[C@@H]1[C@H]2C(=O)N([C@H](C)CO)[C@H](C(=O)N(CC=C)c3ccc(Cl)cc3)[C@]23CC[C@H]1O3. The van der Waals surface area contributed by atoms with Gasteiger partial charge in [0.1, 0.15) is 17.7 Å². The molecule has 41 heavy (non-hydrogen) atoms. The van der Waals surface area contributed by atoms with E-state index in [1.165, 1.54) is 9.80 Å². The topological polar surface area (TPSA) is 125 Å². The predicted octanol–water partition coefficient (Wildman–Crippen LogP) is 2.63. The van der Waals surface area contributed by atoms with E-state index in [-0.39, 0.29) is 32.0 Å². The van der Waals surface area contributed by atoms with Gasteiger partial charge in [0.2, 0.25) is 11.8 Å². The van der Waals surface area contributed by atoms with Crippen LogP contribution in [0.2, 0.25) is 5.02 Å². The maximum atomic E-state index is 14.3. The second-order valence-corrected chi connectivity index (χ2v) is 11.4. The van der Waals surface area contributed by atoms with Crippen molar-refractivity contribution >= 4 is 41.0 Å². The highest BCUT2D eigenvalue weighted by atomic mass is 35.5. The molecule has 2 N–H and O–H groups in total. The number of aliphatic hydroxyl groups excluding tert-OH is 1. The van der Waals surface area contributed by atoms with Crippen LogP contribution in [0.1, 0.15) is 39.5 Å². The fourth-order valence-electron chi connectivity index (χ4n) is 6.32. The minimum absolute atomic E-state index is 0.121. The molecule has 4 rings (SSSR count). The van der Waals surface area contributed by atoms with Crippen molar-refractivity contribution in [2.45, 2.75) is 69.4 Å². The fourth-order valence-corrected chi connectivity index (χ4v) is 6.44. The Balaban J connectivity index is 1.60. The second-order valence-electron chi connectivity index (χ2n) is 10.9. The number of fused-ring (bicyclic) bond motifs is 1. The van der Waals surface area contributed by atoms with Gasteiger partial charge in [-0.3, -0.25) is 19.2 Å². The summed E-state index contributed by atoms with van der Waals surface area (Å²) in [6.07, 6.45) is 3.72. The molecule has 3 fully saturated rings. The average molecular weight is 588 g/mol. The van der Waals surface area contributed by atoms with Crippen LogP contribution in [-0.4, -0.2) is 83.3 Å². The lowest BCUT2D eigenvalue weighted by molar-refractivity contribution is -0.159. The van der Waals surface area contributed by atoms with Crippen molar-refractivity contribution in [3.63, 3.8) is 0 Å². The first-order chi connectivity index (χ1) is 19.6. The zero-order valence-electron chi connectivity index (χ0n) is 23.5.